The van der Waals surface area contributed by atoms with E-state index in [9.17, 15) is 9.59 Å². The Morgan fingerprint density at radius 2 is 1.85 bits per heavy atom. The van der Waals surface area contributed by atoms with Crippen LogP contribution < -0.4 is 5.32 Å². The highest BCUT2D eigenvalue weighted by molar-refractivity contribution is 5.80. The minimum absolute atomic E-state index is 0.00904. The van der Waals surface area contributed by atoms with Crippen molar-refractivity contribution < 1.29 is 9.59 Å². The molecule has 1 N–H and O–H groups in total. The van der Waals surface area contributed by atoms with Gasteiger partial charge in [-0.2, -0.15) is 5.10 Å². The molecule has 27 heavy (non-hydrogen) atoms. The molecule has 1 saturated heterocycles. The van der Waals surface area contributed by atoms with E-state index in [1.807, 2.05) is 40.9 Å². The molecular formula is C21H28N4O2. The summed E-state index contributed by atoms with van der Waals surface area (Å²) in [7, 11) is 0. The number of hydrogen-bond acceptors (Lipinski definition) is 3. The van der Waals surface area contributed by atoms with Gasteiger partial charge in [-0.3, -0.25) is 14.3 Å². The number of carbonyl (C=O) groups excluding carboxylic acids is 2. The summed E-state index contributed by atoms with van der Waals surface area (Å²) in [4.78, 5) is 26.3. The largest absolute Gasteiger partial charge is 0.352 e. The number of aromatic nitrogens is 2. The lowest BCUT2D eigenvalue weighted by Gasteiger charge is -2.31. The van der Waals surface area contributed by atoms with Crippen molar-refractivity contribution in [1.29, 1.82) is 0 Å². The molecule has 0 atom stereocenters. The maximum atomic E-state index is 12.4. The fourth-order valence-corrected chi connectivity index (χ4v) is 3.44. The van der Waals surface area contributed by atoms with E-state index in [0.717, 1.165) is 31.4 Å². The van der Waals surface area contributed by atoms with Crippen LogP contribution in [0.25, 0.3) is 0 Å². The van der Waals surface area contributed by atoms with Crippen molar-refractivity contribution in [1.82, 2.24) is 20.0 Å². The first-order valence-corrected chi connectivity index (χ1v) is 9.76. The second-order valence-electron chi connectivity index (χ2n) is 7.14. The van der Waals surface area contributed by atoms with Crippen molar-refractivity contribution in [2.24, 2.45) is 5.92 Å². The molecule has 1 aromatic heterocycles. The quantitative estimate of drug-likeness (QED) is 0.817. The number of benzene rings is 1. The third kappa shape index (κ3) is 5.42. The van der Waals surface area contributed by atoms with Gasteiger partial charge in [-0.15, -0.1) is 0 Å². The molecule has 0 bridgehead atoms. The molecule has 2 aromatic rings. The topological polar surface area (TPSA) is 67.2 Å². The summed E-state index contributed by atoms with van der Waals surface area (Å²) in [6.07, 6.45) is 6.70. The van der Waals surface area contributed by atoms with Gasteiger partial charge in [-0.25, -0.2) is 0 Å². The fraction of sp³-hybridized carbons (Fsp3) is 0.476. The maximum absolute atomic E-state index is 12.4. The Hall–Kier alpha value is -2.63. The second kappa shape index (κ2) is 9.35. The van der Waals surface area contributed by atoms with Crippen molar-refractivity contribution in [2.45, 2.75) is 45.7 Å². The first-order valence-electron chi connectivity index (χ1n) is 9.76. The van der Waals surface area contributed by atoms with E-state index in [2.05, 4.69) is 22.5 Å². The number of carbonyl (C=O) groups is 2. The number of nitrogens with one attached hydrogen (secondary N) is 1. The van der Waals surface area contributed by atoms with E-state index in [1.54, 1.807) is 6.20 Å². The summed E-state index contributed by atoms with van der Waals surface area (Å²) in [5.41, 5.74) is 2.26. The van der Waals surface area contributed by atoms with Crippen LogP contribution in [0.2, 0.25) is 0 Å². The Bertz CT molecular complexity index is 732. The summed E-state index contributed by atoms with van der Waals surface area (Å²) in [5, 5.41) is 7.25. The first kappa shape index (κ1) is 19.1. The van der Waals surface area contributed by atoms with Gasteiger partial charge in [0.2, 0.25) is 11.8 Å². The van der Waals surface area contributed by atoms with Gasteiger partial charge in [0.25, 0.3) is 0 Å². The predicted octanol–water partition coefficient (Wildman–Crippen LogP) is 2.59. The van der Waals surface area contributed by atoms with Gasteiger partial charge in [-0.05, 0) is 36.5 Å². The second-order valence-corrected chi connectivity index (χ2v) is 7.14. The Morgan fingerprint density at radius 3 is 2.48 bits per heavy atom. The summed E-state index contributed by atoms with van der Waals surface area (Å²) < 4.78 is 1.88. The molecule has 0 spiro atoms. The van der Waals surface area contributed by atoms with Gasteiger partial charge in [0.1, 0.15) is 0 Å². The van der Waals surface area contributed by atoms with Crippen LogP contribution in [-0.2, 0) is 22.7 Å². The average Bonchev–Trinajstić information content (AvgIpc) is 3.20. The lowest BCUT2D eigenvalue weighted by atomic mass is 9.95. The van der Waals surface area contributed by atoms with Gasteiger partial charge in [0, 0.05) is 44.4 Å². The Morgan fingerprint density at radius 1 is 1.15 bits per heavy atom. The highest BCUT2D eigenvalue weighted by atomic mass is 16.2. The number of rotatable bonds is 7. The summed E-state index contributed by atoms with van der Waals surface area (Å²) in [5.74, 6) is 0.319. The summed E-state index contributed by atoms with van der Waals surface area (Å²) in [6.45, 7) is 4.69. The maximum Gasteiger partial charge on any atom is 0.223 e. The summed E-state index contributed by atoms with van der Waals surface area (Å²) in [6, 6.07) is 10.1. The highest BCUT2D eigenvalue weighted by Crippen LogP contribution is 2.18. The molecule has 2 heterocycles. The monoisotopic (exact) mass is 368 g/mol. The lowest BCUT2D eigenvalue weighted by molar-refractivity contribution is -0.135. The van der Waals surface area contributed by atoms with E-state index >= 15 is 0 Å². The third-order valence-electron chi connectivity index (χ3n) is 5.08. The molecule has 1 fully saturated rings. The molecule has 3 rings (SSSR count). The molecule has 1 aliphatic rings. The van der Waals surface area contributed by atoms with E-state index < -0.39 is 0 Å². The number of amides is 2. The van der Waals surface area contributed by atoms with Crippen molar-refractivity contribution in [2.75, 3.05) is 13.1 Å². The zero-order valence-electron chi connectivity index (χ0n) is 15.9. The van der Waals surface area contributed by atoms with Crippen molar-refractivity contribution in [3.8, 4) is 0 Å². The van der Waals surface area contributed by atoms with Crippen molar-refractivity contribution in [3.05, 3.63) is 53.9 Å². The number of nitrogens with zero attached hydrogens (tertiary/aromatic N) is 3. The zero-order valence-corrected chi connectivity index (χ0v) is 15.9. The van der Waals surface area contributed by atoms with E-state index in [4.69, 9.17) is 0 Å². The van der Waals surface area contributed by atoms with Crippen molar-refractivity contribution in [3.63, 3.8) is 0 Å². The molecule has 0 radical (unpaired) electrons. The lowest BCUT2D eigenvalue weighted by Crippen LogP contribution is -2.42. The fourth-order valence-electron chi connectivity index (χ4n) is 3.44. The van der Waals surface area contributed by atoms with Crippen LogP contribution >= 0.6 is 0 Å². The minimum atomic E-state index is 0.00904. The molecule has 0 aliphatic carbocycles. The Labute approximate surface area is 160 Å². The number of hydrogen-bond donors (Lipinski definition) is 1. The molecule has 6 heteroatoms. The standard InChI is InChI=1S/C21H28N4O2/c1-2-4-20(26)24-13-9-19(10-14-24)21(27)22-15-17-5-7-18(8-6-17)16-25-12-3-11-23-25/h3,5-8,11-12,19H,2,4,9-10,13-16H2,1H3,(H,22,27). The molecule has 1 aliphatic heterocycles. The van der Waals surface area contributed by atoms with Gasteiger partial charge in [0.05, 0.1) is 6.54 Å². The van der Waals surface area contributed by atoms with E-state index in [-0.39, 0.29) is 17.7 Å². The van der Waals surface area contributed by atoms with Gasteiger partial charge in [-0.1, -0.05) is 31.2 Å². The van der Waals surface area contributed by atoms with Gasteiger partial charge < -0.3 is 10.2 Å². The smallest absolute Gasteiger partial charge is 0.223 e. The van der Waals surface area contributed by atoms with Crippen LogP contribution in [0.15, 0.2) is 42.7 Å². The molecule has 0 unspecified atom stereocenters. The van der Waals surface area contributed by atoms with Crippen LogP contribution in [0.4, 0.5) is 0 Å². The molecule has 6 nitrogen and oxygen atoms in total. The van der Waals surface area contributed by atoms with Crippen LogP contribution in [-0.4, -0.2) is 39.6 Å². The normalized spacial score (nSPS) is 14.9. The van der Waals surface area contributed by atoms with Crippen LogP contribution in [0, 0.1) is 5.92 Å². The predicted molar refractivity (Wildman–Crippen MR) is 104 cm³/mol. The van der Waals surface area contributed by atoms with Gasteiger partial charge in [0.15, 0.2) is 0 Å². The first-order chi connectivity index (χ1) is 13.2. The van der Waals surface area contributed by atoms with E-state index in [1.165, 1.54) is 5.56 Å². The number of likely N-dealkylation sites (tertiary alicyclic amines) is 1. The summed E-state index contributed by atoms with van der Waals surface area (Å²) >= 11 is 0. The highest BCUT2D eigenvalue weighted by Gasteiger charge is 2.26. The number of piperidine rings is 1. The molecule has 2 amide bonds. The SMILES string of the molecule is CCCC(=O)N1CCC(C(=O)NCc2ccc(Cn3cccn3)cc2)CC1. The molecule has 0 saturated carbocycles. The molecule has 1 aromatic carbocycles. The molecule has 144 valence electrons. The van der Waals surface area contributed by atoms with Gasteiger partial charge >= 0.3 is 0 Å². The third-order valence-corrected chi connectivity index (χ3v) is 5.08. The average molecular weight is 368 g/mol. The van der Waals surface area contributed by atoms with Crippen molar-refractivity contribution >= 4 is 11.8 Å². The minimum Gasteiger partial charge on any atom is -0.352 e. The van der Waals surface area contributed by atoms with Crippen LogP contribution in [0.3, 0.4) is 0 Å². The van der Waals surface area contributed by atoms with Crippen LogP contribution in [0.5, 0.6) is 0 Å². The van der Waals surface area contributed by atoms with Crippen LogP contribution in [0.1, 0.15) is 43.7 Å². The zero-order chi connectivity index (χ0) is 19.1. The molecular weight excluding hydrogens is 340 g/mol. The Kier molecular flexibility index (Phi) is 6.63. The Balaban J connectivity index is 1.42. The van der Waals surface area contributed by atoms with E-state index in [0.29, 0.717) is 26.1 Å².